The zero-order valence-electron chi connectivity index (χ0n) is 8.32. The van der Waals surface area contributed by atoms with Gasteiger partial charge in [-0.15, -0.1) is 0 Å². The van der Waals surface area contributed by atoms with Gasteiger partial charge in [-0.1, -0.05) is 0 Å². The minimum Gasteiger partial charge on any atom is -0.394 e. The fraction of sp³-hybridized carbons (Fsp3) is 1.00. The van der Waals surface area contributed by atoms with Crippen molar-refractivity contribution in [1.82, 2.24) is 0 Å². The van der Waals surface area contributed by atoms with Crippen molar-refractivity contribution < 1.29 is 23.5 Å². The molecule has 0 rings (SSSR count). The zero-order valence-corrected chi connectivity index (χ0v) is 9.32. The van der Waals surface area contributed by atoms with Crippen molar-refractivity contribution in [3.63, 3.8) is 0 Å². The van der Waals surface area contributed by atoms with Crippen molar-refractivity contribution >= 4 is 8.80 Å². The van der Waals surface area contributed by atoms with E-state index in [4.69, 9.17) is 23.5 Å². The van der Waals surface area contributed by atoms with E-state index in [1.54, 1.807) is 0 Å². The predicted octanol–water partition coefficient (Wildman–Crippen LogP) is -0.392. The highest BCUT2D eigenvalue weighted by Gasteiger charge is 2.37. The molecule has 0 spiro atoms. The maximum atomic E-state index is 9.11. The summed E-state index contributed by atoms with van der Waals surface area (Å²) in [7, 11) is 1.99. The van der Waals surface area contributed by atoms with Crippen LogP contribution in [0.25, 0.3) is 0 Å². The second kappa shape index (κ2) is 6.47. The van der Waals surface area contributed by atoms with Gasteiger partial charge in [-0.2, -0.15) is 0 Å². The summed E-state index contributed by atoms with van der Waals surface area (Å²) in [6.45, 7) is -0.248. The summed E-state index contributed by atoms with van der Waals surface area (Å²) in [5, 5.41) is 17.7. The van der Waals surface area contributed by atoms with Crippen LogP contribution in [-0.2, 0) is 13.3 Å². The van der Waals surface area contributed by atoms with Gasteiger partial charge in [0.1, 0.15) is 0 Å². The molecule has 0 aromatic carbocycles. The van der Waals surface area contributed by atoms with E-state index in [1.165, 1.54) is 21.3 Å². The average molecular weight is 210 g/mol. The largest absolute Gasteiger partial charge is 0.500 e. The lowest BCUT2D eigenvalue weighted by Gasteiger charge is -2.24. The smallest absolute Gasteiger partial charge is 0.394 e. The second-order valence-electron chi connectivity index (χ2n) is 2.67. The molecule has 0 heterocycles. The molecular formula is C7H18O5Si. The van der Waals surface area contributed by atoms with E-state index >= 15 is 0 Å². The van der Waals surface area contributed by atoms with Crippen LogP contribution in [0.15, 0.2) is 0 Å². The summed E-state index contributed by atoms with van der Waals surface area (Å²) in [4.78, 5) is 0. The fourth-order valence-corrected chi connectivity index (χ4v) is 2.79. The number of hydrogen-bond donors (Lipinski definition) is 2. The normalized spacial score (nSPS) is 14.5. The highest BCUT2D eigenvalue weighted by atomic mass is 28.4. The Labute approximate surface area is 79.6 Å². The van der Waals surface area contributed by atoms with E-state index < -0.39 is 14.9 Å². The van der Waals surface area contributed by atoms with Crippen LogP contribution in [0.1, 0.15) is 6.42 Å². The SMILES string of the molecule is CO[Si](CCC(O)CO)(OC)OC. The van der Waals surface area contributed by atoms with E-state index in [-0.39, 0.29) is 6.61 Å². The van der Waals surface area contributed by atoms with E-state index in [2.05, 4.69) is 0 Å². The van der Waals surface area contributed by atoms with E-state index in [9.17, 15) is 0 Å². The molecule has 1 unspecified atom stereocenters. The number of rotatable bonds is 7. The van der Waals surface area contributed by atoms with Gasteiger partial charge in [0.05, 0.1) is 12.7 Å². The first-order chi connectivity index (χ1) is 6.14. The zero-order chi connectivity index (χ0) is 10.3. The molecule has 0 saturated heterocycles. The van der Waals surface area contributed by atoms with Crippen LogP contribution in [0.2, 0.25) is 6.04 Å². The summed E-state index contributed by atoms with van der Waals surface area (Å²) in [6, 6.07) is 0.498. The Hall–Kier alpha value is 0.0169. The highest BCUT2D eigenvalue weighted by Crippen LogP contribution is 2.16. The van der Waals surface area contributed by atoms with Gasteiger partial charge in [0, 0.05) is 27.4 Å². The minimum atomic E-state index is -2.57. The third-order valence-electron chi connectivity index (χ3n) is 1.93. The van der Waals surface area contributed by atoms with Crippen molar-refractivity contribution in [2.75, 3.05) is 27.9 Å². The Bertz CT molecular complexity index is 120. The van der Waals surface area contributed by atoms with Crippen LogP contribution in [0.4, 0.5) is 0 Å². The Morgan fingerprint density at radius 1 is 1.15 bits per heavy atom. The number of aliphatic hydroxyl groups excluding tert-OH is 2. The molecule has 0 bridgehead atoms. The van der Waals surface area contributed by atoms with E-state index in [1.807, 2.05) is 0 Å². The van der Waals surface area contributed by atoms with Gasteiger partial charge in [0.25, 0.3) is 0 Å². The van der Waals surface area contributed by atoms with Crippen molar-refractivity contribution in [2.24, 2.45) is 0 Å². The summed E-state index contributed by atoms with van der Waals surface area (Å²) >= 11 is 0. The van der Waals surface area contributed by atoms with Gasteiger partial charge in [-0.05, 0) is 6.42 Å². The summed E-state index contributed by atoms with van der Waals surface area (Å²) in [5.41, 5.74) is 0. The molecule has 6 heteroatoms. The first-order valence-corrected chi connectivity index (χ1v) is 6.01. The van der Waals surface area contributed by atoms with Crippen LogP contribution < -0.4 is 0 Å². The Kier molecular flexibility index (Phi) is 6.48. The third kappa shape index (κ3) is 4.16. The third-order valence-corrected chi connectivity index (χ3v) is 4.69. The molecule has 0 aromatic heterocycles. The maximum Gasteiger partial charge on any atom is 0.500 e. The molecule has 2 N–H and O–H groups in total. The van der Waals surface area contributed by atoms with Gasteiger partial charge < -0.3 is 23.5 Å². The lowest BCUT2D eigenvalue weighted by molar-refractivity contribution is 0.0787. The first-order valence-electron chi connectivity index (χ1n) is 4.08. The van der Waals surface area contributed by atoms with Crippen molar-refractivity contribution in [2.45, 2.75) is 18.6 Å². The van der Waals surface area contributed by atoms with Crippen LogP contribution in [0.5, 0.6) is 0 Å². The molecule has 5 nitrogen and oxygen atoms in total. The topological polar surface area (TPSA) is 68.2 Å². The minimum absolute atomic E-state index is 0.248. The van der Waals surface area contributed by atoms with Crippen LogP contribution in [0.3, 0.4) is 0 Å². The molecule has 0 fully saturated rings. The van der Waals surface area contributed by atoms with E-state index in [0.717, 1.165) is 0 Å². The molecule has 13 heavy (non-hydrogen) atoms. The molecule has 0 aliphatic carbocycles. The fourth-order valence-electron chi connectivity index (χ4n) is 0.991. The van der Waals surface area contributed by atoms with Gasteiger partial charge in [0.15, 0.2) is 0 Å². The number of hydrogen-bond acceptors (Lipinski definition) is 5. The Balaban J connectivity index is 3.95. The van der Waals surface area contributed by atoms with Crippen molar-refractivity contribution in [1.29, 1.82) is 0 Å². The number of aliphatic hydroxyl groups is 2. The molecule has 80 valence electrons. The Morgan fingerprint density at radius 2 is 1.62 bits per heavy atom. The van der Waals surface area contributed by atoms with E-state index in [0.29, 0.717) is 12.5 Å². The molecule has 0 aliphatic rings. The lowest BCUT2D eigenvalue weighted by atomic mass is 10.3. The van der Waals surface area contributed by atoms with Gasteiger partial charge in [-0.25, -0.2) is 0 Å². The summed E-state index contributed by atoms with van der Waals surface area (Å²) in [6.07, 6.45) is -0.314. The highest BCUT2D eigenvalue weighted by molar-refractivity contribution is 6.60. The standard InChI is InChI=1S/C7H18O5Si/c1-10-13(11-2,12-3)5-4-7(9)6-8/h7-9H,4-6H2,1-3H3. The quantitative estimate of drug-likeness (QED) is 0.560. The van der Waals surface area contributed by atoms with Gasteiger partial charge in [-0.3, -0.25) is 0 Å². The van der Waals surface area contributed by atoms with Gasteiger partial charge >= 0.3 is 8.80 Å². The van der Waals surface area contributed by atoms with Gasteiger partial charge in [0.2, 0.25) is 0 Å². The van der Waals surface area contributed by atoms with Crippen molar-refractivity contribution in [3.8, 4) is 0 Å². The predicted molar refractivity (Wildman–Crippen MR) is 49.3 cm³/mol. The first kappa shape index (κ1) is 13.0. The van der Waals surface area contributed by atoms with Crippen molar-refractivity contribution in [3.05, 3.63) is 0 Å². The van der Waals surface area contributed by atoms with Crippen LogP contribution in [-0.4, -0.2) is 53.1 Å². The molecule has 0 amide bonds. The summed E-state index contributed by atoms with van der Waals surface area (Å²) < 4.78 is 15.4. The molecule has 0 saturated carbocycles. The average Bonchev–Trinajstić information content (AvgIpc) is 2.20. The molecule has 0 aliphatic heterocycles. The molecule has 1 atom stereocenters. The molecule has 0 radical (unpaired) electrons. The molecular weight excluding hydrogens is 192 g/mol. The van der Waals surface area contributed by atoms with Crippen LogP contribution >= 0.6 is 0 Å². The second-order valence-corrected chi connectivity index (χ2v) is 5.76. The molecule has 0 aromatic rings. The van der Waals surface area contributed by atoms with Crippen LogP contribution in [0, 0.1) is 0 Å². The monoisotopic (exact) mass is 210 g/mol. The summed E-state index contributed by atoms with van der Waals surface area (Å²) in [5.74, 6) is 0. The maximum absolute atomic E-state index is 9.11. The lowest BCUT2D eigenvalue weighted by Crippen LogP contribution is -2.43. The Morgan fingerprint density at radius 3 is 1.92 bits per heavy atom.